The number of nitrogens with one attached hydrogen (secondary N) is 2. The molecular weight excluding hydrogens is 502 g/mol. The Balaban J connectivity index is 1.55. The summed E-state index contributed by atoms with van der Waals surface area (Å²) < 4.78 is 5.92. The Morgan fingerprint density at radius 3 is 2.60 bits per heavy atom. The largest absolute Gasteiger partial charge is 0.489 e. The number of fused-ring (bicyclic) bond motifs is 7. The van der Waals surface area contributed by atoms with Crippen molar-refractivity contribution in [3.8, 4) is 5.75 Å². The van der Waals surface area contributed by atoms with Gasteiger partial charge in [0.15, 0.2) is 5.78 Å². The molecule has 7 heteroatoms. The summed E-state index contributed by atoms with van der Waals surface area (Å²) in [4.78, 5) is 46.3. The van der Waals surface area contributed by atoms with Gasteiger partial charge in [-0.15, -0.1) is 0 Å². The number of ether oxygens (including phenoxy) is 1. The van der Waals surface area contributed by atoms with E-state index in [4.69, 9.17) is 4.74 Å². The molecule has 2 N–H and O–H groups in total. The second-order valence-corrected chi connectivity index (χ2v) is 11.0. The van der Waals surface area contributed by atoms with Gasteiger partial charge in [-0.2, -0.15) is 0 Å². The zero-order valence-electron chi connectivity index (χ0n) is 22.4. The lowest BCUT2D eigenvalue weighted by Gasteiger charge is -2.43. The molecule has 0 bridgehead atoms. The molecule has 0 radical (unpaired) electrons. The molecule has 4 atom stereocenters. The Morgan fingerprint density at radius 2 is 1.77 bits per heavy atom. The number of Topliss-reactive ketones (excluding diaryl/α,β-unsaturated/α-hetero) is 1. The second kappa shape index (κ2) is 8.89. The number of anilines is 2. The summed E-state index contributed by atoms with van der Waals surface area (Å²) in [6.07, 6.45) is 3.96. The van der Waals surface area contributed by atoms with Crippen molar-refractivity contribution in [2.45, 2.75) is 43.2 Å². The number of ketones is 1. The summed E-state index contributed by atoms with van der Waals surface area (Å²) in [6, 6.07) is 20.4. The number of amides is 2. The maximum Gasteiger partial charge on any atom is 0.251 e. The van der Waals surface area contributed by atoms with Crippen LogP contribution in [0.5, 0.6) is 5.75 Å². The molecule has 2 amide bonds. The predicted molar refractivity (Wildman–Crippen MR) is 153 cm³/mol. The Hall–Kier alpha value is -4.23. The first-order valence-corrected chi connectivity index (χ1v) is 14.0. The summed E-state index contributed by atoms with van der Waals surface area (Å²) in [5, 5.41) is 6.22. The molecule has 2 spiro atoms. The third-order valence-electron chi connectivity index (χ3n) is 9.36. The van der Waals surface area contributed by atoms with Crippen LogP contribution in [-0.2, 0) is 27.0 Å². The standard InChI is InChI=1S/C33H31N3O4/c1-3-18-40-27-14-8-5-10-21(27)29(37)28-26-13-9-17-36(26)33(23-19-20(4-2)15-16-25(23)35-31(33)39)32(28)22-11-6-7-12-24(22)34-30(32)38/h3,5-8,10-12,14-16,19,26,28H,1,4,9,13,17-18H2,2H3,(H,34,38)(H,35,39)/t26-,28+,32+,33-/m1/s1. The van der Waals surface area contributed by atoms with E-state index in [1.165, 1.54) is 0 Å². The van der Waals surface area contributed by atoms with Crippen LogP contribution in [0.4, 0.5) is 11.4 Å². The Morgan fingerprint density at radius 1 is 1.02 bits per heavy atom. The van der Waals surface area contributed by atoms with Gasteiger partial charge < -0.3 is 15.4 Å². The van der Waals surface area contributed by atoms with Gasteiger partial charge in [0.1, 0.15) is 23.3 Å². The van der Waals surface area contributed by atoms with Crippen molar-refractivity contribution in [3.05, 3.63) is 102 Å². The van der Waals surface area contributed by atoms with Gasteiger partial charge in [-0.05, 0) is 61.2 Å². The first kappa shape index (κ1) is 24.8. The summed E-state index contributed by atoms with van der Waals surface area (Å²) in [7, 11) is 0. The Bertz CT molecular complexity index is 1600. The van der Waals surface area contributed by atoms with Gasteiger partial charge in [0.05, 0.1) is 11.5 Å². The molecule has 40 heavy (non-hydrogen) atoms. The highest BCUT2D eigenvalue weighted by Crippen LogP contribution is 2.68. The van der Waals surface area contributed by atoms with Crippen molar-refractivity contribution >= 4 is 29.0 Å². The van der Waals surface area contributed by atoms with Crippen LogP contribution in [0.1, 0.15) is 46.8 Å². The van der Waals surface area contributed by atoms with Crippen molar-refractivity contribution in [2.24, 2.45) is 5.92 Å². The molecule has 4 heterocycles. The second-order valence-electron chi connectivity index (χ2n) is 11.0. The molecule has 3 aromatic carbocycles. The van der Waals surface area contributed by atoms with Gasteiger partial charge in [-0.25, -0.2) is 0 Å². The fourth-order valence-electron chi connectivity index (χ4n) is 7.96. The fourth-order valence-corrected chi connectivity index (χ4v) is 7.96. The highest BCUT2D eigenvalue weighted by atomic mass is 16.5. The van der Waals surface area contributed by atoms with Crippen molar-refractivity contribution in [3.63, 3.8) is 0 Å². The zero-order chi connectivity index (χ0) is 27.6. The van der Waals surface area contributed by atoms with Crippen LogP contribution in [0, 0.1) is 5.92 Å². The summed E-state index contributed by atoms with van der Waals surface area (Å²) in [5.41, 5.74) is 1.47. The number of benzene rings is 3. The van der Waals surface area contributed by atoms with Crippen molar-refractivity contribution in [1.82, 2.24) is 4.90 Å². The van der Waals surface area contributed by atoms with Gasteiger partial charge in [0.2, 0.25) is 5.91 Å². The molecule has 0 aliphatic carbocycles. The third-order valence-corrected chi connectivity index (χ3v) is 9.36. The quantitative estimate of drug-likeness (QED) is 0.350. The minimum absolute atomic E-state index is 0.187. The molecule has 202 valence electrons. The predicted octanol–water partition coefficient (Wildman–Crippen LogP) is 4.83. The number of hydrogen-bond acceptors (Lipinski definition) is 5. The monoisotopic (exact) mass is 533 g/mol. The average Bonchev–Trinajstić information content (AvgIpc) is 3.70. The maximum absolute atomic E-state index is 14.9. The van der Waals surface area contributed by atoms with E-state index in [-0.39, 0.29) is 30.2 Å². The van der Waals surface area contributed by atoms with Gasteiger partial charge in [-0.1, -0.05) is 62.0 Å². The van der Waals surface area contributed by atoms with Crippen LogP contribution in [-0.4, -0.2) is 41.7 Å². The molecular formula is C33H31N3O4. The summed E-state index contributed by atoms with van der Waals surface area (Å²) in [6.45, 7) is 6.68. The normalized spacial score (nSPS) is 27.8. The number of rotatable bonds is 6. The first-order chi connectivity index (χ1) is 19.5. The van der Waals surface area contributed by atoms with E-state index in [0.29, 0.717) is 41.2 Å². The minimum atomic E-state index is -1.47. The summed E-state index contributed by atoms with van der Waals surface area (Å²) >= 11 is 0. The van der Waals surface area contributed by atoms with Gasteiger partial charge in [-0.3, -0.25) is 19.3 Å². The molecule has 0 unspecified atom stereocenters. The number of carbonyl (C=O) groups excluding carboxylic acids is 3. The van der Waals surface area contributed by atoms with Crippen LogP contribution < -0.4 is 15.4 Å². The van der Waals surface area contributed by atoms with E-state index in [1.807, 2.05) is 48.5 Å². The molecule has 2 saturated heterocycles. The molecule has 7 nitrogen and oxygen atoms in total. The maximum atomic E-state index is 14.9. The van der Waals surface area contributed by atoms with Crippen molar-refractivity contribution in [1.29, 1.82) is 0 Å². The van der Waals surface area contributed by atoms with E-state index >= 15 is 0 Å². The zero-order valence-corrected chi connectivity index (χ0v) is 22.4. The lowest BCUT2D eigenvalue weighted by molar-refractivity contribution is -0.137. The summed E-state index contributed by atoms with van der Waals surface area (Å²) in [5.74, 6) is -1.11. The lowest BCUT2D eigenvalue weighted by Crippen LogP contribution is -2.62. The lowest BCUT2D eigenvalue weighted by atomic mass is 9.57. The van der Waals surface area contributed by atoms with Crippen LogP contribution in [0.2, 0.25) is 0 Å². The molecule has 4 aliphatic heterocycles. The highest BCUT2D eigenvalue weighted by Gasteiger charge is 2.81. The fraction of sp³-hybridized carbons (Fsp3) is 0.303. The number of aryl methyl sites for hydroxylation is 1. The molecule has 0 saturated carbocycles. The van der Waals surface area contributed by atoms with Gasteiger partial charge >= 0.3 is 0 Å². The van der Waals surface area contributed by atoms with Gasteiger partial charge in [0.25, 0.3) is 5.91 Å². The van der Waals surface area contributed by atoms with Gasteiger partial charge in [0, 0.05) is 23.0 Å². The van der Waals surface area contributed by atoms with E-state index < -0.39 is 16.9 Å². The van der Waals surface area contributed by atoms with E-state index in [1.54, 1.807) is 18.2 Å². The van der Waals surface area contributed by atoms with Crippen LogP contribution in [0.25, 0.3) is 0 Å². The highest BCUT2D eigenvalue weighted by molar-refractivity contribution is 6.21. The molecule has 4 aliphatic rings. The molecule has 7 rings (SSSR count). The molecule has 3 aromatic rings. The topological polar surface area (TPSA) is 87.7 Å². The van der Waals surface area contributed by atoms with E-state index in [0.717, 1.165) is 24.0 Å². The van der Waals surface area contributed by atoms with Crippen molar-refractivity contribution < 1.29 is 19.1 Å². The molecule has 0 aromatic heterocycles. The van der Waals surface area contributed by atoms with E-state index in [2.05, 4.69) is 35.1 Å². The smallest absolute Gasteiger partial charge is 0.251 e. The van der Waals surface area contributed by atoms with Crippen molar-refractivity contribution in [2.75, 3.05) is 23.8 Å². The Labute approximate surface area is 233 Å². The molecule has 2 fully saturated rings. The minimum Gasteiger partial charge on any atom is -0.489 e. The van der Waals surface area contributed by atoms with Crippen LogP contribution in [0.15, 0.2) is 79.4 Å². The Kier molecular flexibility index (Phi) is 5.51. The average molecular weight is 534 g/mol. The number of hydrogen-bond donors (Lipinski definition) is 2. The van der Waals surface area contributed by atoms with E-state index in [9.17, 15) is 14.4 Å². The number of carbonyl (C=O) groups is 3. The van der Waals surface area contributed by atoms with Crippen LogP contribution in [0.3, 0.4) is 0 Å². The third kappa shape index (κ3) is 2.90. The SMILES string of the molecule is C=CCOc1ccccc1C(=O)[C@@H]1[C@H]2CCCN2[C@]2(C(=O)Nc3ccc(CC)cc32)[C@]12C(=O)Nc1ccccc12. The number of nitrogens with zero attached hydrogens (tertiary/aromatic N) is 1. The number of para-hydroxylation sites is 2. The first-order valence-electron chi connectivity index (χ1n) is 14.0. The van der Waals surface area contributed by atoms with Crippen LogP contribution >= 0.6 is 0 Å².